The van der Waals surface area contributed by atoms with Crippen LogP contribution in [0, 0.1) is 12.8 Å². The molecule has 3 aromatic rings. The van der Waals surface area contributed by atoms with Crippen LogP contribution in [0.4, 0.5) is 0 Å². The Morgan fingerprint density at radius 2 is 1.91 bits per heavy atom. The Balaban J connectivity index is 1.61. The summed E-state index contributed by atoms with van der Waals surface area (Å²) >= 11 is 0. The van der Waals surface area contributed by atoms with Crippen LogP contribution in [-0.4, -0.2) is 33.5 Å². The summed E-state index contributed by atoms with van der Waals surface area (Å²) in [5, 5.41) is 3.79. The average Bonchev–Trinajstić information content (AvgIpc) is 3.20. The standard InChI is InChI=1S/C26H27N5O/c1-16-5-4-14-31-24(23(30-26(16)31)21-7-3-6-17(2)29-21)20-12-13-28-22(15-20)18-8-10-19(11-9-18)25(27)32/h3,6-13,15-16,26,30H,4-5,14H2,1-2H3,(H2,27,32)/t16-,26?/m0/s1. The van der Waals surface area contributed by atoms with Crippen molar-refractivity contribution >= 4 is 17.3 Å². The van der Waals surface area contributed by atoms with E-state index in [9.17, 15) is 4.79 Å². The zero-order chi connectivity index (χ0) is 22.2. The molecule has 3 N–H and O–H groups in total. The van der Waals surface area contributed by atoms with Crippen LogP contribution in [0.3, 0.4) is 0 Å². The third-order valence-corrected chi connectivity index (χ3v) is 6.39. The monoisotopic (exact) mass is 425 g/mol. The Kier molecular flexibility index (Phi) is 5.13. The molecule has 1 amide bonds. The minimum absolute atomic E-state index is 0.266. The van der Waals surface area contributed by atoms with Gasteiger partial charge in [-0.1, -0.05) is 25.1 Å². The molecule has 0 bridgehead atoms. The largest absolute Gasteiger partial charge is 0.366 e. The summed E-state index contributed by atoms with van der Waals surface area (Å²) in [5.74, 6) is 0.115. The zero-order valence-corrected chi connectivity index (χ0v) is 18.4. The Bertz CT molecular complexity index is 1200. The second kappa shape index (κ2) is 8.11. The van der Waals surface area contributed by atoms with E-state index in [2.05, 4.69) is 46.4 Å². The van der Waals surface area contributed by atoms with Crippen molar-refractivity contribution in [1.29, 1.82) is 0 Å². The van der Waals surface area contributed by atoms with Gasteiger partial charge in [-0.3, -0.25) is 14.8 Å². The maximum Gasteiger partial charge on any atom is 0.248 e. The Morgan fingerprint density at radius 3 is 2.66 bits per heavy atom. The molecule has 6 nitrogen and oxygen atoms in total. The van der Waals surface area contributed by atoms with Crippen molar-refractivity contribution in [3.63, 3.8) is 0 Å². The van der Waals surface area contributed by atoms with Gasteiger partial charge in [0.25, 0.3) is 0 Å². The number of nitrogens with two attached hydrogens (primary N) is 1. The predicted molar refractivity (Wildman–Crippen MR) is 126 cm³/mol. The molecule has 2 atom stereocenters. The summed E-state index contributed by atoms with van der Waals surface area (Å²) in [6, 6.07) is 17.6. The van der Waals surface area contributed by atoms with Crippen LogP contribution >= 0.6 is 0 Å². The van der Waals surface area contributed by atoms with Crippen molar-refractivity contribution in [2.45, 2.75) is 32.9 Å². The molecule has 1 saturated heterocycles. The van der Waals surface area contributed by atoms with Crippen LogP contribution in [0.5, 0.6) is 0 Å². The van der Waals surface area contributed by atoms with Gasteiger partial charge >= 0.3 is 0 Å². The van der Waals surface area contributed by atoms with E-state index in [0.29, 0.717) is 11.5 Å². The fourth-order valence-electron chi connectivity index (χ4n) is 4.75. The highest BCUT2D eigenvalue weighted by atomic mass is 16.1. The molecule has 1 fully saturated rings. The van der Waals surface area contributed by atoms with Crippen molar-refractivity contribution < 1.29 is 4.79 Å². The number of carbonyl (C=O) groups is 1. The molecule has 5 rings (SSSR count). The van der Waals surface area contributed by atoms with Crippen molar-refractivity contribution in [2.24, 2.45) is 11.7 Å². The number of pyridine rings is 2. The first-order chi connectivity index (χ1) is 15.5. The Morgan fingerprint density at radius 1 is 1.09 bits per heavy atom. The van der Waals surface area contributed by atoms with Crippen LogP contribution in [0.25, 0.3) is 22.7 Å². The Hall–Kier alpha value is -3.67. The van der Waals surface area contributed by atoms with Gasteiger partial charge in [-0.2, -0.15) is 0 Å². The van der Waals surface area contributed by atoms with Gasteiger partial charge in [0.2, 0.25) is 5.91 Å². The van der Waals surface area contributed by atoms with Gasteiger partial charge in [-0.25, -0.2) is 0 Å². The van der Waals surface area contributed by atoms with Crippen LogP contribution in [0.15, 0.2) is 60.8 Å². The lowest BCUT2D eigenvalue weighted by Gasteiger charge is -2.37. The number of rotatable bonds is 4. The van der Waals surface area contributed by atoms with E-state index in [4.69, 9.17) is 10.7 Å². The lowest BCUT2D eigenvalue weighted by Crippen LogP contribution is -2.45. The van der Waals surface area contributed by atoms with E-state index in [1.54, 1.807) is 12.1 Å². The van der Waals surface area contributed by atoms with E-state index < -0.39 is 5.91 Å². The first kappa shape index (κ1) is 20.2. The van der Waals surface area contributed by atoms with Gasteiger partial charge in [0.1, 0.15) is 6.17 Å². The van der Waals surface area contributed by atoms with Gasteiger partial charge in [0, 0.05) is 35.1 Å². The number of hydrogen-bond acceptors (Lipinski definition) is 5. The summed E-state index contributed by atoms with van der Waals surface area (Å²) in [7, 11) is 0. The number of fused-ring (bicyclic) bond motifs is 1. The van der Waals surface area contributed by atoms with E-state index >= 15 is 0 Å². The maximum atomic E-state index is 11.4. The van der Waals surface area contributed by atoms with Crippen molar-refractivity contribution in [2.75, 3.05) is 6.54 Å². The average molecular weight is 426 g/mol. The third-order valence-electron chi connectivity index (χ3n) is 6.39. The van der Waals surface area contributed by atoms with Crippen LogP contribution < -0.4 is 11.1 Å². The minimum atomic E-state index is -0.430. The summed E-state index contributed by atoms with van der Waals surface area (Å²) in [6.45, 7) is 5.35. The molecule has 4 heterocycles. The molecule has 32 heavy (non-hydrogen) atoms. The normalized spacial score (nSPS) is 20.1. The fraction of sp³-hybridized carbons (Fsp3) is 0.269. The molecule has 0 aliphatic carbocycles. The molecule has 1 unspecified atom stereocenters. The number of piperidine rings is 1. The summed E-state index contributed by atoms with van der Waals surface area (Å²) < 4.78 is 0. The van der Waals surface area contributed by atoms with E-state index in [1.165, 1.54) is 18.5 Å². The van der Waals surface area contributed by atoms with Crippen LogP contribution in [-0.2, 0) is 0 Å². The molecule has 0 spiro atoms. The third kappa shape index (κ3) is 3.62. The van der Waals surface area contributed by atoms with Crippen molar-refractivity contribution in [3.05, 3.63) is 83.3 Å². The quantitative estimate of drug-likeness (QED) is 0.659. The molecular formula is C26H27N5O. The molecule has 162 valence electrons. The summed E-state index contributed by atoms with van der Waals surface area (Å²) in [5.41, 5.74) is 13.0. The number of nitrogens with one attached hydrogen (secondary N) is 1. The molecule has 1 aromatic carbocycles. The predicted octanol–water partition coefficient (Wildman–Crippen LogP) is 4.04. The van der Waals surface area contributed by atoms with Crippen LogP contribution in [0.1, 0.15) is 47.1 Å². The molecule has 2 aromatic heterocycles. The molecular weight excluding hydrogens is 398 g/mol. The summed E-state index contributed by atoms with van der Waals surface area (Å²) in [6.07, 6.45) is 4.50. The van der Waals surface area contributed by atoms with Gasteiger partial charge < -0.3 is 16.0 Å². The lowest BCUT2D eigenvalue weighted by atomic mass is 9.96. The topological polar surface area (TPSA) is 84.1 Å². The number of aryl methyl sites for hydroxylation is 1. The second-order valence-corrected chi connectivity index (χ2v) is 8.66. The van der Waals surface area contributed by atoms with Gasteiger partial charge in [-0.15, -0.1) is 0 Å². The highest BCUT2D eigenvalue weighted by Crippen LogP contribution is 2.40. The number of nitrogens with zero attached hydrogens (tertiary/aromatic N) is 3. The number of aromatic nitrogens is 2. The highest BCUT2D eigenvalue weighted by molar-refractivity contribution is 5.93. The molecule has 0 radical (unpaired) electrons. The SMILES string of the molecule is Cc1cccc(C2=C(c3ccnc(-c4ccc(C(N)=O)cc4)c3)N3CCC[C@H](C)C3N2)n1. The maximum absolute atomic E-state index is 11.4. The van der Waals surface area contributed by atoms with Crippen molar-refractivity contribution in [1.82, 2.24) is 20.2 Å². The lowest BCUT2D eigenvalue weighted by molar-refractivity contribution is 0.100. The first-order valence-electron chi connectivity index (χ1n) is 11.1. The smallest absolute Gasteiger partial charge is 0.248 e. The van der Waals surface area contributed by atoms with E-state index in [1.807, 2.05) is 31.3 Å². The molecule has 2 aliphatic rings. The number of hydrogen-bond donors (Lipinski definition) is 2. The molecule has 6 heteroatoms. The number of primary amides is 1. The van der Waals surface area contributed by atoms with Gasteiger partial charge in [0.15, 0.2) is 0 Å². The zero-order valence-electron chi connectivity index (χ0n) is 18.4. The fourth-order valence-corrected chi connectivity index (χ4v) is 4.75. The molecule has 0 saturated carbocycles. The van der Waals surface area contributed by atoms with Crippen LogP contribution in [0.2, 0.25) is 0 Å². The van der Waals surface area contributed by atoms with Crippen molar-refractivity contribution in [3.8, 4) is 11.3 Å². The first-order valence-corrected chi connectivity index (χ1v) is 11.1. The number of benzene rings is 1. The van der Waals surface area contributed by atoms with Gasteiger partial charge in [-0.05, 0) is 62.1 Å². The number of amides is 1. The Labute approximate surface area is 188 Å². The second-order valence-electron chi connectivity index (χ2n) is 8.66. The summed E-state index contributed by atoms with van der Waals surface area (Å²) in [4.78, 5) is 23.3. The number of carbonyl (C=O) groups excluding carboxylic acids is 1. The van der Waals surface area contributed by atoms with E-state index in [0.717, 1.165) is 40.5 Å². The highest BCUT2D eigenvalue weighted by Gasteiger charge is 2.38. The van der Waals surface area contributed by atoms with Gasteiger partial charge in [0.05, 0.1) is 22.8 Å². The molecule has 2 aliphatic heterocycles. The van der Waals surface area contributed by atoms with E-state index in [-0.39, 0.29) is 6.17 Å². The minimum Gasteiger partial charge on any atom is -0.366 e.